The zero-order valence-corrected chi connectivity index (χ0v) is 13.1. The maximum Gasteiger partial charge on any atom is 0.358 e. The molecule has 0 spiro atoms. The molecule has 0 radical (unpaired) electrons. The summed E-state index contributed by atoms with van der Waals surface area (Å²) >= 11 is 15.4. The van der Waals surface area contributed by atoms with Crippen LogP contribution in [0.5, 0.6) is 0 Å². The van der Waals surface area contributed by atoms with Crippen LogP contribution in [0.4, 0.5) is 5.69 Å². The zero-order valence-electron chi connectivity index (χ0n) is 9.98. The number of hydrogen-bond acceptors (Lipinski definition) is 4. The number of carboxylic acid groups (broad SMARTS) is 1. The number of carboxylic acids is 1. The van der Waals surface area contributed by atoms with Gasteiger partial charge in [0.15, 0.2) is 5.69 Å². The molecule has 1 aromatic heterocycles. The van der Waals surface area contributed by atoms with Crippen molar-refractivity contribution in [3.05, 3.63) is 38.5 Å². The first kappa shape index (κ1) is 15.1. The van der Waals surface area contributed by atoms with Gasteiger partial charge in [0, 0.05) is 11.0 Å². The molecule has 9 heteroatoms. The van der Waals surface area contributed by atoms with Crippen molar-refractivity contribution < 1.29 is 9.90 Å². The van der Waals surface area contributed by atoms with E-state index < -0.39 is 5.97 Å². The standard InChI is InChI=1S/C11H9BrCl2N4O2/c12-6-3-7(13)10(8(14)4-6)15-1-2-18-5-9(11(19)20)16-17-18/h3-5,15H,1-2H2,(H,19,20). The number of rotatable bonds is 5. The molecule has 106 valence electrons. The fourth-order valence-electron chi connectivity index (χ4n) is 1.51. The van der Waals surface area contributed by atoms with Crippen molar-refractivity contribution in [2.24, 2.45) is 0 Å². The van der Waals surface area contributed by atoms with Crippen LogP contribution in [0, 0.1) is 0 Å². The normalized spacial score (nSPS) is 10.6. The van der Waals surface area contributed by atoms with Gasteiger partial charge in [-0.1, -0.05) is 44.3 Å². The average Bonchev–Trinajstić information content (AvgIpc) is 2.81. The third-order valence-corrected chi connectivity index (χ3v) is 3.46. The molecule has 0 saturated heterocycles. The molecule has 0 fully saturated rings. The number of carbonyl (C=O) groups is 1. The average molecular weight is 380 g/mol. The first-order chi connectivity index (χ1) is 9.47. The van der Waals surface area contributed by atoms with Gasteiger partial charge < -0.3 is 10.4 Å². The minimum absolute atomic E-state index is 0.0929. The Kier molecular flexibility index (Phi) is 4.85. The summed E-state index contributed by atoms with van der Waals surface area (Å²) in [4.78, 5) is 10.7. The van der Waals surface area contributed by atoms with Crippen molar-refractivity contribution >= 4 is 50.8 Å². The van der Waals surface area contributed by atoms with Crippen molar-refractivity contribution in [1.29, 1.82) is 0 Å². The molecule has 0 saturated carbocycles. The summed E-state index contributed by atoms with van der Waals surface area (Å²) in [5.41, 5.74) is 0.528. The number of benzene rings is 1. The van der Waals surface area contributed by atoms with Crippen LogP contribution in [0.2, 0.25) is 10.0 Å². The monoisotopic (exact) mass is 378 g/mol. The van der Waals surface area contributed by atoms with Gasteiger partial charge in [-0.25, -0.2) is 9.48 Å². The Hall–Kier alpha value is -1.31. The SMILES string of the molecule is O=C(O)c1cn(CCNc2c(Cl)cc(Br)cc2Cl)nn1. The van der Waals surface area contributed by atoms with Crippen LogP contribution in [0.3, 0.4) is 0 Å². The minimum Gasteiger partial charge on any atom is -0.476 e. The smallest absolute Gasteiger partial charge is 0.358 e. The molecule has 2 aromatic rings. The molecular weight excluding hydrogens is 371 g/mol. The highest BCUT2D eigenvalue weighted by molar-refractivity contribution is 9.10. The van der Waals surface area contributed by atoms with Crippen LogP contribution in [-0.4, -0.2) is 32.6 Å². The van der Waals surface area contributed by atoms with Gasteiger partial charge >= 0.3 is 5.97 Å². The van der Waals surface area contributed by atoms with Crippen LogP contribution < -0.4 is 5.32 Å². The second-order valence-corrected chi connectivity index (χ2v) is 5.57. The lowest BCUT2D eigenvalue weighted by Crippen LogP contribution is -2.11. The first-order valence-electron chi connectivity index (χ1n) is 5.49. The first-order valence-corrected chi connectivity index (χ1v) is 7.04. The van der Waals surface area contributed by atoms with Crippen molar-refractivity contribution in [3.8, 4) is 0 Å². The van der Waals surface area contributed by atoms with Gasteiger partial charge in [0.2, 0.25) is 0 Å². The molecule has 1 aromatic carbocycles. The molecule has 20 heavy (non-hydrogen) atoms. The van der Waals surface area contributed by atoms with E-state index in [1.54, 1.807) is 12.1 Å². The molecule has 0 unspecified atom stereocenters. The van der Waals surface area contributed by atoms with Crippen LogP contribution >= 0.6 is 39.1 Å². The van der Waals surface area contributed by atoms with E-state index in [9.17, 15) is 4.79 Å². The topological polar surface area (TPSA) is 80.0 Å². The van der Waals surface area contributed by atoms with Gasteiger partial charge in [0.05, 0.1) is 28.5 Å². The number of hydrogen-bond donors (Lipinski definition) is 2. The lowest BCUT2D eigenvalue weighted by atomic mass is 10.3. The molecule has 0 aliphatic heterocycles. The van der Waals surface area contributed by atoms with Crippen molar-refractivity contribution in [2.75, 3.05) is 11.9 Å². The van der Waals surface area contributed by atoms with E-state index in [0.717, 1.165) is 4.47 Å². The Balaban J connectivity index is 1.97. The zero-order chi connectivity index (χ0) is 14.7. The molecule has 0 aliphatic carbocycles. The van der Waals surface area contributed by atoms with Gasteiger partial charge in [-0.15, -0.1) is 5.10 Å². The number of nitrogens with zero attached hydrogens (tertiary/aromatic N) is 3. The molecule has 1 heterocycles. The Labute approximate surface area is 132 Å². The Morgan fingerprint density at radius 3 is 2.60 bits per heavy atom. The Bertz CT molecular complexity index is 624. The van der Waals surface area contributed by atoms with Crippen molar-refractivity contribution in [3.63, 3.8) is 0 Å². The number of anilines is 1. The number of halogens is 3. The van der Waals surface area contributed by atoms with Crippen LogP contribution in [0.25, 0.3) is 0 Å². The van der Waals surface area contributed by atoms with Gasteiger partial charge in [-0.2, -0.15) is 0 Å². The second-order valence-electron chi connectivity index (χ2n) is 3.84. The summed E-state index contributed by atoms with van der Waals surface area (Å²) in [5, 5.41) is 20.0. The van der Waals surface area contributed by atoms with E-state index in [0.29, 0.717) is 28.8 Å². The number of aromatic carboxylic acids is 1. The fourth-order valence-corrected chi connectivity index (χ4v) is 2.85. The van der Waals surface area contributed by atoms with E-state index in [-0.39, 0.29) is 5.69 Å². The molecule has 0 aliphatic rings. The van der Waals surface area contributed by atoms with Crippen molar-refractivity contribution in [2.45, 2.75) is 6.54 Å². The van der Waals surface area contributed by atoms with Crippen LogP contribution in [0.1, 0.15) is 10.5 Å². The maximum absolute atomic E-state index is 10.7. The molecular formula is C11H9BrCl2N4O2. The highest BCUT2D eigenvalue weighted by Crippen LogP contribution is 2.33. The highest BCUT2D eigenvalue weighted by atomic mass is 79.9. The Morgan fingerprint density at radius 1 is 1.40 bits per heavy atom. The van der Waals surface area contributed by atoms with Crippen molar-refractivity contribution in [1.82, 2.24) is 15.0 Å². The van der Waals surface area contributed by atoms with E-state index in [1.165, 1.54) is 10.9 Å². The summed E-state index contributed by atoms with van der Waals surface area (Å²) in [6, 6.07) is 3.46. The predicted octanol–water partition coefficient (Wildman–Crippen LogP) is 3.16. The molecule has 0 atom stereocenters. The molecule has 6 nitrogen and oxygen atoms in total. The van der Waals surface area contributed by atoms with E-state index in [2.05, 4.69) is 31.6 Å². The highest BCUT2D eigenvalue weighted by Gasteiger charge is 2.09. The minimum atomic E-state index is -1.11. The predicted molar refractivity (Wildman–Crippen MR) is 79.6 cm³/mol. The van der Waals surface area contributed by atoms with Gasteiger partial charge in [-0.3, -0.25) is 0 Å². The van der Waals surface area contributed by atoms with E-state index >= 15 is 0 Å². The molecule has 2 N–H and O–H groups in total. The quantitative estimate of drug-likeness (QED) is 0.833. The van der Waals surface area contributed by atoms with Crippen LogP contribution in [-0.2, 0) is 6.54 Å². The Morgan fingerprint density at radius 2 is 2.05 bits per heavy atom. The summed E-state index contributed by atoms with van der Waals surface area (Å²) in [5.74, 6) is -1.11. The number of aromatic nitrogens is 3. The largest absolute Gasteiger partial charge is 0.476 e. The maximum atomic E-state index is 10.7. The van der Waals surface area contributed by atoms with E-state index in [1.807, 2.05) is 0 Å². The van der Waals surface area contributed by atoms with Gasteiger partial charge in [0.25, 0.3) is 0 Å². The summed E-state index contributed by atoms with van der Waals surface area (Å²) in [6.45, 7) is 0.909. The summed E-state index contributed by atoms with van der Waals surface area (Å²) < 4.78 is 2.22. The molecule has 0 bridgehead atoms. The lowest BCUT2D eigenvalue weighted by Gasteiger charge is -2.10. The van der Waals surface area contributed by atoms with E-state index in [4.69, 9.17) is 28.3 Å². The lowest BCUT2D eigenvalue weighted by molar-refractivity contribution is 0.0690. The third kappa shape index (κ3) is 3.62. The van der Waals surface area contributed by atoms with Gasteiger partial charge in [0.1, 0.15) is 0 Å². The molecule has 0 amide bonds. The second kappa shape index (κ2) is 6.43. The van der Waals surface area contributed by atoms with Crippen LogP contribution in [0.15, 0.2) is 22.8 Å². The molecule has 2 rings (SSSR count). The van der Waals surface area contributed by atoms with Gasteiger partial charge in [-0.05, 0) is 12.1 Å². The summed E-state index contributed by atoms with van der Waals surface area (Å²) in [7, 11) is 0. The fraction of sp³-hybridized carbons (Fsp3) is 0.182. The number of nitrogens with one attached hydrogen (secondary N) is 1. The summed E-state index contributed by atoms with van der Waals surface area (Å²) in [6.07, 6.45) is 1.36. The third-order valence-electron chi connectivity index (χ3n) is 2.41.